The van der Waals surface area contributed by atoms with Crippen LogP contribution in [-0.2, 0) is 6.42 Å². The Morgan fingerprint density at radius 1 is 1.29 bits per heavy atom. The van der Waals surface area contributed by atoms with Crippen LogP contribution >= 0.6 is 0 Å². The maximum Gasteiger partial charge on any atom is 0.216 e. The fourth-order valence-corrected chi connectivity index (χ4v) is 2.30. The first kappa shape index (κ1) is 15.4. The monoisotopic (exact) mass is 290 g/mol. The van der Waals surface area contributed by atoms with Gasteiger partial charge in [-0.3, -0.25) is 4.68 Å². The standard InChI is InChI=1S/C15H22N4O2/c1-4-12(5-2)19-7-6-11(18-19)8-14(20)13-9-15(21-3)17-10-16-13/h6-7,9-10,12,14,20H,4-5,8H2,1-3H3. The van der Waals surface area contributed by atoms with E-state index >= 15 is 0 Å². The Kier molecular flexibility index (Phi) is 5.27. The second-order valence-corrected chi connectivity index (χ2v) is 4.96. The topological polar surface area (TPSA) is 73.1 Å². The summed E-state index contributed by atoms with van der Waals surface area (Å²) < 4.78 is 7.01. The molecule has 0 radical (unpaired) electrons. The maximum atomic E-state index is 10.3. The first-order valence-electron chi connectivity index (χ1n) is 7.25. The van der Waals surface area contributed by atoms with Gasteiger partial charge in [-0.1, -0.05) is 13.8 Å². The predicted molar refractivity (Wildman–Crippen MR) is 79.1 cm³/mol. The minimum Gasteiger partial charge on any atom is -0.481 e. The Morgan fingerprint density at radius 2 is 2.05 bits per heavy atom. The number of aromatic nitrogens is 4. The Hall–Kier alpha value is -1.95. The molecule has 0 aliphatic carbocycles. The number of aliphatic hydroxyl groups excluding tert-OH is 1. The van der Waals surface area contributed by atoms with Gasteiger partial charge in [0, 0.05) is 18.7 Å². The third kappa shape index (κ3) is 3.78. The molecule has 0 aliphatic heterocycles. The lowest BCUT2D eigenvalue weighted by molar-refractivity contribution is 0.171. The molecule has 0 fully saturated rings. The molecule has 1 unspecified atom stereocenters. The highest BCUT2D eigenvalue weighted by molar-refractivity contribution is 5.17. The van der Waals surface area contributed by atoms with E-state index in [1.54, 1.807) is 6.07 Å². The summed E-state index contributed by atoms with van der Waals surface area (Å²) in [6, 6.07) is 4.00. The molecule has 0 spiro atoms. The maximum absolute atomic E-state index is 10.3. The Labute approximate surface area is 124 Å². The van der Waals surface area contributed by atoms with Gasteiger partial charge in [-0.2, -0.15) is 5.10 Å². The summed E-state index contributed by atoms with van der Waals surface area (Å²) >= 11 is 0. The summed E-state index contributed by atoms with van der Waals surface area (Å²) in [7, 11) is 1.54. The van der Waals surface area contributed by atoms with E-state index in [-0.39, 0.29) is 0 Å². The molecule has 1 N–H and O–H groups in total. The molecule has 6 nitrogen and oxygen atoms in total. The van der Waals surface area contributed by atoms with Gasteiger partial charge in [-0.05, 0) is 18.9 Å². The third-order valence-corrected chi connectivity index (χ3v) is 3.60. The second-order valence-electron chi connectivity index (χ2n) is 4.96. The number of methoxy groups -OCH3 is 1. The zero-order valence-corrected chi connectivity index (χ0v) is 12.7. The molecule has 0 aromatic carbocycles. The highest BCUT2D eigenvalue weighted by atomic mass is 16.5. The van der Waals surface area contributed by atoms with Gasteiger partial charge in [0.2, 0.25) is 5.88 Å². The molecule has 21 heavy (non-hydrogen) atoms. The molecule has 0 bridgehead atoms. The fraction of sp³-hybridized carbons (Fsp3) is 0.533. The summed E-state index contributed by atoms with van der Waals surface area (Å²) in [5.41, 5.74) is 1.39. The molecule has 1 atom stereocenters. The number of hydrogen-bond donors (Lipinski definition) is 1. The van der Waals surface area contributed by atoms with Crippen LogP contribution < -0.4 is 4.74 Å². The molecule has 2 heterocycles. The van der Waals surface area contributed by atoms with Gasteiger partial charge < -0.3 is 9.84 Å². The molecule has 2 aromatic heterocycles. The molecule has 0 aliphatic rings. The molecule has 0 amide bonds. The zero-order chi connectivity index (χ0) is 15.2. The number of nitrogens with zero attached hydrogens (tertiary/aromatic N) is 4. The first-order chi connectivity index (χ1) is 10.2. The Balaban J connectivity index is 2.07. The number of ether oxygens (including phenoxy) is 1. The molecule has 6 heteroatoms. The normalized spacial score (nSPS) is 12.6. The van der Waals surface area contributed by atoms with Gasteiger partial charge in [0.15, 0.2) is 0 Å². The van der Waals surface area contributed by atoms with Crippen LogP contribution in [0.2, 0.25) is 0 Å². The van der Waals surface area contributed by atoms with Crippen molar-refractivity contribution in [3.05, 3.63) is 36.0 Å². The summed E-state index contributed by atoms with van der Waals surface area (Å²) in [5.74, 6) is 0.446. The molecular weight excluding hydrogens is 268 g/mol. The van der Waals surface area contributed by atoms with Gasteiger partial charge in [-0.25, -0.2) is 9.97 Å². The van der Waals surface area contributed by atoms with Crippen LogP contribution in [0, 0.1) is 0 Å². The number of hydrogen-bond acceptors (Lipinski definition) is 5. The Morgan fingerprint density at radius 3 is 2.71 bits per heavy atom. The van der Waals surface area contributed by atoms with Crippen molar-refractivity contribution in [3.63, 3.8) is 0 Å². The van der Waals surface area contributed by atoms with Crippen molar-refractivity contribution < 1.29 is 9.84 Å². The lowest BCUT2D eigenvalue weighted by Gasteiger charge is -2.13. The quantitative estimate of drug-likeness (QED) is 0.847. The van der Waals surface area contributed by atoms with Crippen molar-refractivity contribution in [1.82, 2.24) is 19.7 Å². The predicted octanol–water partition coefficient (Wildman–Crippen LogP) is 2.32. The van der Waals surface area contributed by atoms with E-state index < -0.39 is 6.10 Å². The fourth-order valence-electron chi connectivity index (χ4n) is 2.30. The van der Waals surface area contributed by atoms with Crippen molar-refractivity contribution in [2.75, 3.05) is 7.11 Å². The molecule has 2 aromatic rings. The smallest absolute Gasteiger partial charge is 0.216 e. The number of aliphatic hydroxyl groups is 1. The van der Waals surface area contributed by atoms with E-state index in [0.29, 0.717) is 24.0 Å². The highest BCUT2D eigenvalue weighted by Gasteiger charge is 2.14. The summed E-state index contributed by atoms with van der Waals surface area (Å²) in [6.07, 6.45) is 5.16. The van der Waals surface area contributed by atoms with Gasteiger partial charge in [0.1, 0.15) is 12.4 Å². The van der Waals surface area contributed by atoms with Crippen LogP contribution in [0.15, 0.2) is 24.7 Å². The van der Waals surface area contributed by atoms with Crippen LogP contribution in [0.5, 0.6) is 5.88 Å². The molecule has 114 valence electrons. The summed E-state index contributed by atoms with van der Waals surface area (Å²) in [6.45, 7) is 4.30. The van der Waals surface area contributed by atoms with Gasteiger partial charge in [-0.15, -0.1) is 0 Å². The molecule has 0 saturated carbocycles. The number of rotatable bonds is 7. The molecule has 2 rings (SSSR count). The van der Waals surface area contributed by atoms with Crippen LogP contribution in [-0.4, -0.2) is 32.0 Å². The molecular formula is C15H22N4O2. The SMILES string of the molecule is CCC(CC)n1ccc(CC(O)c2cc(OC)ncn2)n1. The van der Waals surface area contributed by atoms with E-state index in [1.165, 1.54) is 13.4 Å². The minimum atomic E-state index is -0.716. The molecule has 0 saturated heterocycles. The van der Waals surface area contributed by atoms with E-state index in [4.69, 9.17) is 4.74 Å². The van der Waals surface area contributed by atoms with Crippen molar-refractivity contribution in [2.45, 2.75) is 45.3 Å². The van der Waals surface area contributed by atoms with Crippen LogP contribution in [0.1, 0.15) is 50.2 Å². The van der Waals surface area contributed by atoms with Crippen LogP contribution in [0.4, 0.5) is 0 Å². The van der Waals surface area contributed by atoms with E-state index in [1.807, 2.05) is 16.9 Å². The van der Waals surface area contributed by atoms with Crippen LogP contribution in [0.3, 0.4) is 0 Å². The van der Waals surface area contributed by atoms with E-state index in [2.05, 4.69) is 28.9 Å². The average Bonchev–Trinajstić information content (AvgIpc) is 2.97. The van der Waals surface area contributed by atoms with Crippen molar-refractivity contribution in [3.8, 4) is 5.88 Å². The van der Waals surface area contributed by atoms with Crippen molar-refractivity contribution in [1.29, 1.82) is 0 Å². The third-order valence-electron chi connectivity index (χ3n) is 3.60. The van der Waals surface area contributed by atoms with E-state index in [0.717, 1.165) is 18.5 Å². The van der Waals surface area contributed by atoms with Gasteiger partial charge >= 0.3 is 0 Å². The van der Waals surface area contributed by atoms with Crippen molar-refractivity contribution in [2.24, 2.45) is 0 Å². The summed E-state index contributed by atoms with van der Waals surface area (Å²) in [4.78, 5) is 8.01. The largest absolute Gasteiger partial charge is 0.481 e. The lowest BCUT2D eigenvalue weighted by Crippen LogP contribution is -2.09. The van der Waals surface area contributed by atoms with E-state index in [9.17, 15) is 5.11 Å². The van der Waals surface area contributed by atoms with Gasteiger partial charge in [0.05, 0.1) is 24.5 Å². The first-order valence-corrected chi connectivity index (χ1v) is 7.25. The Bertz CT molecular complexity index is 566. The zero-order valence-electron chi connectivity index (χ0n) is 12.7. The van der Waals surface area contributed by atoms with Gasteiger partial charge in [0.25, 0.3) is 0 Å². The second kappa shape index (κ2) is 7.17. The average molecular weight is 290 g/mol. The minimum absolute atomic E-state index is 0.412. The van der Waals surface area contributed by atoms with Crippen LogP contribution in [0.25, 0.3) is 0 Å². The van der Waals surface area contributed by atoms with Crippen molar-refractivity contribution >= 4 is 0 Å². The highest BCUT2D eigenvalue weighted by Crippen LogP contribution is 2.20. The lowest BCUT2D eigenvalue weighted by atomic mass is 10.1. The summed E-state index contributed by atoms with van der Waals surface area (Å²) in [5, 5.41) is 14.8.